The summed E-state index contributed by atoms with van der Waals surface area (Å²) in [5.74, 6) is 0.463. The van der Waals surface area contributed by atoms with Gasteiger partial charge in [0.25, 0.3) is 0 Å². The Morgan fingerprint density at radius 2 is 2.10 bits per heavy atom. The maximum atomic E-state index is 12.1. The summed E-state index contributed by atoms with van der Waals surface area (Å²) in [7, 11) is -3.51. The van der Waals surface area contributed by atoms with Crippen LogP contribution in [0, 0.1) is 0 Å². The zero-order valence-electron chi connectivity index (χ0n) is 11.1. The van der Waals surface area contributed by atoms with Gasteiger partial charge in [0.2, 0.25) is 10.0 Å². The first-order chi connectivity index (χ1) is 9.54. The predicted octanol–water partition coefficient (Wildman–Crippen LogP) is 0.902. The third-order valence-electron chi connectivity index (χ3n) is 2.73. The van der Waals surface area contributed by atoms with Crippen LogP contribution in [0.25, 0.3) is 0 Å². The minimum Gasteiger partial charge on any atom is -0.384 e. The van der Waals surface area contributed by atoms with Crippen molar-refractivity contribution in [3.8, 4) is 0 Å². The van der Waals surface area contributed by atoms with Gasteiger partial charge in [-0.2, -0.15) is 5.10 Å². The molecule has 5 N–H and O–H groups in total. The van der Waals surface area contributed by atoms with Gasteiger partial charge in [-0.1, -0.05) is 19.1 Å². The van der Waals surface area contributed by atoms with E-state index >= 15 is 0 Å². The molecule has 0 unspecified atom stereocenters. The second-order valence-electron chi connectivity index (χ2n) is 4.16. The van der Waals surface area contributed by atoms with Crippen LogP contribution in [0.4, 0.5) is 11.5 Å². The van der Waals surface area contributed by atoms with Crippen molar-refractivity contribution in [3.63, 3.8) is 0 Å². The number of para-hydroxylation sites is 1. The van der Waals surface area contributed by atoms with Crippen LogP contribution in [0.15, 0.2) is 35.4 Å². The van der Waals surface area contributed by atoms with E-state index in [1.807, 2.05) is 0 Å². The molecule has 20 heavy (non-hydrogen) atoms. The van der Waals surface area contributed by atoms with Crippen LogP contribution >= 0.6 is 0 Å². The van der Waals surface area contributed by atoms with Crippen molar-refractivity contribution in [3.05, 3.63) is 36.0 Å². The van der Waals surface area contributed by atoms with E-state index in [-0.39, 0.29) is 4.90 Å². The molecule has 1 aromatic heterocycles. The smallest absolute Gasteiger partial charge is 0.242 e. The number of aromatic amines is 1. The van der Waals surface area contributed by atoms with Crippen molar-refractivity contribution in [2.45, 2.75) is 18.4 Å². The lowest BCUT2D eigenvalue weighted by Crippen LogP contribution is -2.24. The van der Waals surface area contributed by atoms with Gasteiger partial charge in [-0.25, -0.2) is 13.1 Å². The number of nitrogens with two attached hydrogens (primary N) is 1. The summed E-state index contributed by atoms with van der Waals surface area (Å²) in [5.41, 5.74) is 6.99. The number of aromatic nitrogens is 2. The van der Waals surface area contributed by atoms with Gasteiger partial charge in [0, 0.05) is 18.7 Å². The molecule has 0 saturated heterocycles. The number of anilines is 2. The van der Waals surface area contributed by atoms with E-state index in [0.717, 1.165) is 5.56 Å². The number of nitrogen functional groups attached to an aromatic ring is 1. The lowest BCUT2D eigenvalue weighted by molar-refractivity contribution is 0.584. The van der Waals surface area contributed by atoms with Gasteiger partial charge in [0.15, 0.2) is 0 Å². The Bertz CT molecular complexity index is 681. The van der Waals surface area contributed by atoms with Crippen LogP contribution in [-0.2, 0) is 16.6 Å². The van der Waals surface area contributed by atoms with E-state index in [1.54, 1.807) is 37.4 Å². The average Bonchev–Trinajstić information content (AvgIpc) is 2.82. The molecule has 8 heteroatoms. The number of nitrogens with zero attached hydrogens (tertiary/aromatic N) is 1. The first-order valence-electron chi connectivity index (χ1n) is 6.15. The van der Waals surface area contributed by atoms with Crippen LogP contribution in [-0.4, -0.2) is 25.2 Å². The monoisotopic (exact) mass is 295 g/mol. The molecule has 0 fully saturated rings. The fourth-order valence-electron chi connectivity index (χ4n) is 1.77. The largest absolute Gasteiger partial charge is 0.384 e. The third-order valence-corrected chi connectivity index (χ3v) is 4.34. The van der Waals surface area contributed by atoms with Crippen molar-refractivity contribution in [1.82, 2.24) is 14.9 Å². The molecular formula is C12H17N5O2S. The van der Waals surface area contributed by atoms with Gasteiger partial charge >= 0.3 is 0 Å². The van der Waals surface area contributed by atoms with Crippen LogP contribution in [0.1, 0.15) is 12.5 Å². The Kier molecular flexibility index (Phi) is 4.26. The second-order valence-corrected chi connectivity index (χ2v) is 5.90. The number of nitrogens with one attached hydrogen (secondary N) is 3. The standard InChI is InChI=1S/C12H17N5O2S/c1-2-16-20(18,19)11-6-4-3-5-10(11)14-7-9-8-15-17-12(9)13/h3-6,8,14,16H,2,7H2,1H3,(H3,13,15,17). The first-order valence-corrected chi connectivity index (χ1v) is 7.63. The molecule has 0 spiro atoms. The Morgan fingerprint density at radius 1 is 1.35 bits per heavy atom. The van der Waals surface area contributed by atoms with Gasteiger partial charge < -0.3 is 11.1 Å². The minimum absolute atomic E-state index is 0.212. The number of benzene rings is 1. The first kappa shape index (κ1) is 14.4. The molecule has 108 valence electrons. The van der Waals surface area contributed by atoms with E-state index in [9.17, 15) is 8.42 Å². The molecule has 2 rings (SSSR count). The molecule has 0 aliphatic heterocycles. The Labute approximate surface area is 117 Å². The predicted molar refractivity (Wildman–Crippen MR) is 77.6 cm³/mol. The van der Waals surface area contributed by atoms with Gasteiger partial charge in [-0.05, 0) is 12.1 Å². The van der Waals surface area contributed by atoms with Gasteiger partial charge in [-0.15, -0.1) is 0 Å². The van der Waals surface area contributed by atoms with Crippen molar-refractivity contribution in [1.29, 1.82) is 0 Å². The topological polar surface area (TPSA) is 113 Å². The molecule has 7 nitrogen and oxygen atoms in total. The fourth-order valence-corrected chi connectivity index (χ4v) is 2.99. The van der Waals surface area contributed by atoms with Crippen molar-refractivity contribution >= 4 is 21.5 Å². The summed E-state index contributed by atoms with van der Waals surface area (Å²) in [4.78, 5) is 0.212. The molecule has 0 saturated carbocycles. The van der Waals surface area contributed by atoms with Crippen LogP contribution < -0.4 is 15.8 Å². The molecule has 0 atom stereocenters. The zero-order chi connectivity index (χ0) is 14.6. The van der Waals surface area contributed by atoms with Gasteiger partial charge in [-0.3, -0.25) is 5.10 Å². The van der Waals surface area contributed by atoms with Crippen molar-refractivity contribution < 1.29 is 8.42 Å². The van der Waals surface area contributed by atoms with Gasteiger partial charge in [0.05, 0.1) is 11.9 Å². The quantitative estimate of drug-likeness (QED) is 0.632. The van der Waals surface area contributed by atoms with E-state index in [1.165, 1.54) is 0 Å². The summed E-state index contributed by atoms with van der Waals surface area (Å²) in [6.07, 6.45) is 1.60. The van der Waals surface area contributed by atoms with E-state index in [2.05, 4.69) is 20.2 Å². The molecule has 1 heterocycles. The molecule has 0 bridgehead atoms. The maximum Gasteiger partial charge on any atom is 0.242 e. The molecule has 1 aromatic carbocycles. The number of sulfonamides is 1. The molecular weight excluding hydrogens is 278 g/mol. The summed E-state index contributed by atoms with van der Waals surface area (Å²) in [6, 6.07) is 6.72. The van der Waals surface area contributed by atoms with Crippen molar-refractivity contribution in [2.24, 2.45) is 0 Å². The van der Waals surface area contributed by atoms with E-state index in [4.69, 9.17) is 5.73 Å². The van der Waals surface area contributed by atoms with Crippen molar-refractivity contribution in [2.75, 3.05) is 17.6 Å². The third kappa shape index (κ3) is 3.09. The number of rotatable bonds is 6. The SMILES string of the molecule is CCNS(=O)(=O)c1ccccc1NCc1cn[nH]c1N. The summed E-state index contributed by atoms with van der Waals surface area (Å²) in [6.45, 7) is 2.46. The number of hydrogen-bond acceptors (Lipinski definition) is 5. The highest BCUT2D eigenvalue weighted by molar-refractivity contribution is 7.89. The summed E-state index contributed by atoms with van der Waals surface area (Å²) in [5, 5.41) is 9.50. The normalized spacial score (nSPS) is 11.4. The molecule has 0 radical (unpaired) electrons. The fraction of sp³-hybridized carbons (Fsp3) is 0.250. The lowest BCUT2D eigenvalue weighted by atomic mass is 10.3. The van der Waals surface area contributed by atoms with Crippen LogP contribution in [0.3, 0.4) is 0 Å². The molecule has 2 aromatic rings. The maximum absolute atomic E-state index is 12.1. The average molecular weight is 295 g/mol. The highest BCUT2D eigenvalue weighted by Crippen LogP contribution is 2.21. The molecule has 0 aliphatic rings. The highest BCUT2D eigenvalue weighted by Gasteiger charge is 2.17. The zero-order valence-corrected chi connectivity index (χ0v) is 11.9. The molecule has 0 aliphatic carbocycles. The summed E-state index contributed by atoms with van der Waals surface area (Å²) >= 11 is 0. The minimum atomic E-state index is -3.51. The van der Waals surface area contributed by atoms with Crippen LogP contribution in [0.2, 0.25) is 0 Å². The summed E-state index contributed by atoms with van der Waals surface area (Å²) < 4.78 is 26.6. The Balaban J connectivity index is 2.23. The van der Waals surface area contributed by atoms with E-state index < -0.39 is 10.0 Å². The second kappa shape index (κ2) is 5.93. The van der Waals surface area contributed by atoms with Gasteiger partial charge in [0.1, 0.15) is 10.7 Å². The van der Waals surface area contributed by atoms with E-state index in [0.29, 0.717) is 24.6 Å². The highest BCUT2D eigenvalue weighted by atomic mass is 32.2. The Hall–Kier alpha value is -2.06. The lowest BCUT2D eigenvalue weighted by Gasteiger charge is -2.12. The van der Waals surface area contributed by atoms with Crippen LogP contribution in [0.5, 0.6) is 0 Å². The number of H-pyrrole nitrogens is 1. The number of hydrogen-bond donors (Lipinski definition) is 4. The Morgan fingerprint density at radius 3 is 2.75 bits per heavy atom. The molecule has 0 amide bonds.